The highest BCUT2D eigenvalue weighted by Gasteiger charge is 2.35. The number of nitrogens with zero attached hydrogens (tertiary/aromatic N) is 3. The van der Waals surface area contributed by atoms with Crippen LogP contribution in [0.3, 0.4) is 0 Å². The van der Waals surface area contributed by atoms with Crippen molar-refractivity contribution in [2.75, 3.05) is 19.6 Å². The van der Waals surface area contributed by atoms with Crippen LogP contribution in [0.4, 0.5) is 0 Å². The van der Waals surface area contributed by atoms with Gasteiger partial charge in [0.1, 0.15) is 11.8 Å². The summed E-state index contributed by atoms with van der Waals surface area (Å²) in [5.74, 6) is 0.846. The second-order valence-corrected chi connectivity index (χ2v) is 7.22. The number of rotatable bonds is 4. The van der Waals surface area contributed by atoms with Gasteiger partial charge in [0.15, 0.2) is 0 Å². The molecule has 1 unspecified atom stereocenters. The quantitative estimate of drug-likeness (QED) is 0.843. The summed E-state index contributed by atoms with van der Waals surface area (Å²) >= 11 is 0. The molecule has 0 aliphatic carbocycles. The molecule has 2 aliphatic rings. The van der Waals surface area contributed by atoms with Gasteiger partial charge < -0.3 is 4.42 Å². The molecule has 1 amide bonds. The fourth-order valence-electron chi connectivity index (χ4n) is 3.74. The van der Waals surface area contributed by atoms with Gasteiger partial charge in [-0.05, 0) is 50.6 Å². The first-order valence-corrected chi connectivity index (χ1v) is 9.43. The van der Waals surface area contributed by atoms with Crippen molar-refractivity contribution >= 4 is 11.6 Å². The number of benzene rings is 1. The highest BCUT2D eigenvalue weighted by molar-refractivity contribution is 6.03. The van der Waals surface area contributed by atoms with Crippen LogP contribution >= 0.6 is 0 Å². The fraction of sp³-hybridized carbons (Fsp3) is 0.429. The van der Waals surface area contributed by atoms with Crippen molar-refractivity contribution < 1.29 is 9.21 Å². The van der Waals surface area contributed by atoms with Gasteiger partial charge >= 0.3 is 0 Å². The van der Waals surface area contributed by atoms with Crippen LogP contribution in [0.15, 0.2) is 52.2 Å². The minimum Gasteiger partial charge on any atom is -0.467 e. The molecule has 5 nitrogen and oxygen atoms in total. The van der Waals surface area contributed by atoms with Gasteiger partial charge in [-0.25, -0.2) is 5.01 Å². The van der Waals surface area contributed by atoms with Crippen LogP contribution in [-0.2, 0) is 4.79 Å². The summed E-state index contributed by atoms with van der Waals surface area (Å²) in [6.45, 7) is 4.50. The lowest BCUT2D eigenvalue weighted by Crippen LogP contribution is -2.40. The molecule has 1 atom stereocenters. The molecule has 26 heavy (non-hydrogen) atoms. The molecule has 1 aromatic carbocycles. The van der Waals surface area contributed by atoms with Crippen molar-refractivity contribution in [1.29, 1.82) is 0 Å². The number of furan rings is 1. The molecule has 0 N–H and O–H groups in total. The van der Waals surface area contributed by atoms with E-state index in [0.717, 1.165) is 30.1 Å². The van der Waals surface area contributed by atoms with Crippen molar-refractivity contribution in [2.24, 2.45) is 5.10 Å². The molecule has 1 fully saturated rings. The Morgan fingerprint density at radius 2 is 1.92 bits per heavy atom. The molecule has 0 radical (unpaired) electrons. The number of carbonyl (C=O) groups is 1. The van der Waals surface area contributed by atoms with E-state index >= 15 is 0 Å². The molecule has 0 saturated carbocycles. The first-order valence-electron chi connectivity index (χ1n) is 9.43. The summed E-state index contributed by atoms with van der Waals surface area (Å²) in [4.78, 5) is 15.2. The number of amides is 1. The minimum absolute atomic E-state index is 0.0513. The molecule has 1 saturated heterocycles. The Bertz CT molecular complexity index is 774. The van der Waals surface area contributed by atoms with Crippen molar-refractivity contribution in [1.82, 2.24) is 9.91 Å². The van der Waals surface area contributed by atoms with Crippen LogP contribution in [-0.4, -0.2) is 41.2 Å². The molecule has 136 valence electrons. The number of likely N-dealkylation sites (tertiary alicyclic amines) is 1. The van der Waals surface area contributed by atoms with Gasteiger partial charge in [-0.15, -0.1) is 0 Å². The summed E-state index contributed by atoms with van der Waals surface area (Å²) in [6.07, 6.45) is 5.95. The third-order valence-electron chi connectivity index (χ3n) is 5.23. The summed E-state index contributed by atoms with van der Waals surface area (Å²) in [7, 11) is 0. The molecule has 2 aromatic rings. The zero-order valence-corrected chi connectivity index (χ0v) is 15.2. The predicted octanol–water partition coefficient (Wildman–Crippen LogP) is 3.75. The molecule has 2 aliphatic heterocycles. The van der Waals surface area contributed by atoms with Crippen LogP contribution in [0.1, 0.15) is 48.6 Å². The summed E-state index contributed by atoms with van der Waals surface area (Å²) < 4.78 is 5.61. The SMILES string of the molecule is Cc1ccc(C2=NN(C(=O)CN3CCCCC3)C(c3ccco3)C2)cc1. The normalized spacial score (nSPS) is 21.0. The zero-order valence-electron chi connectivity index (χ0n) is 15.2. The van der Waals surface area contributed by atoms with Gasteiger partial charge in [0.05, 0.1) is 18.5 Å². The van der Waals surface area contributed by atoms with Gasteiger partial charge in [-0.1, -0.05) is 36.2 Å². The fourth-order valence-corrected chi connectivity index (χ4v) is 3.74. The molecular formula is C21H25N3O2. The molecule has 0 spiro atoms. The van der Waals surface area contributed by atoms with E-state index in [-0.39, 0.29) is 11.9 Å². The lowest BCUT2D eigenvalue weighted by molar-refractivity contribution is -0.134. The molecular weight excluding hydrogens is 326 g/mol. The van der Waals surface area contributed by atoms with Crippen molar-refractivity contribution in [3.05, 3.63) is 59.5 Å². The van der Waals surface area contributed by atoms with Crippen LogP contribution < -0.4 is 0 Å². The Morgan fingerprint density at radius 3 is 2.62 bits per heavy atom. The summed E-state index contributed by atoms with van der Waals surface area (Å²) in [6, 6.07) is 12.0. The van der Waals surface area contributed by atoms with Crippen LogP contribution in [0.5, 0.6) is 0 Å². The molecule has 0 bridgehead atoms. The first kappa shape index (κ1) is 17.0. The number of carbonyl (C=O) groups excluding carboxylic acids is 1. The van der Waals surface area contributed by atoms with E-state index in [1.165, 1.54) is 24.8 Å². The third kappa shape index (κ3) is 3.58. The van der Waals surface area contributed by atoms with Crippen LogP contribution in [0, 0.1) is 6.92 Å². The van der Waals surface area contributed by atoms with Gasteiger partial charge in [0, 0.05) is 6.42 Å². The Hall–Kier alpha value is -2.40. The van der Waals surface area contributed by atoms with E-state index < -0.39 is 0 Å². The Kier molecular flexibility index (Phi) is 4.89. The average molecular weight is 351 g/mol. The van der Waals surface area contributed by atoms with Gasteiger partial charge in [-0.2, -0.15) is 5.10 Å². The number of piperidine rings is 1. The molecule has 5 heteroatoms. The second-order valence-electron chi connectivity index (χ2n) is 7.22. The first-order chi connectivity index (χ1) is 12.7. The topological polar surface area (TPSA) is 49.1 Å². The Balaban J connectivity index is 1.56. The maximum Gasteiger partial charge on any atom is 0.257 e. The lowest BCUT2D eigenvalue weighted by Gasteiger charge is -2.28. The maximum atomic E-state index is 13.0. The number of hydrogen-bond donors (Lipinski definition) is 0. The Labute approximate surface area is 154 Å². The van der Waals surface area contributed by atoms with Gasteiger partial charge in [0.2, 0.25) is 0 Å². The van der Waals surface area contributed by atoms with Crippen molar-refractivity contribution in [3.63, 3.8) is 0 Å². The largest absolute Gasteiger partial charge is 0.467 e. The number of hydrazone groups is 1. The Morgan fingerprint density at radius 1 is 1.15 bits per heavy atom. The summed E-state index contributed by atoms with van der Waals surface area (Å²) in [5.41, 5.74) is 3.23. The summed E-state index contributed by atoms with van der Waals surface area (Å²) in [5, 5.41) is 6.35. The lowest BCUT2D eigenvalue weighted by atomic mass is 10.0. The zero-order chi connectivity index (χ0) is 17.9. The predicted molar refractivity (Wildman–Crippen MR) is 101 cm³/mol. The standard InChI is InChI=1S/C21H25N3O2/c1-16-7-9-17(10-8-16)18-14-19(20-6-5-13-26-20)24(22-18)21(25)15-23-11-3-2-4-12-23/h5-10,13,19H,2-4,11-12,14-15H2,1H3. The highest BCUT2D eigenvalue weighted by Crippen LogP contribution is 2.33. The highest BCUT2D eigenvalue weighted by atomic mass is 16.3. The molecule has 4 rings (SSSR count). The van der Waals surface area contributed by atoms with E-state index in [2.05, 4.69) is 36.1 Å². The second kappa shape index (κ2) is 7.46. The molecule has 3 heterocycles. The van der Waals surface area contributed by atoms with E-state index in [4.69, 9.17) is 9.52 Å². The van der Waals surface area contributed by atoms with E-state index in [0.29, 0.717) is 13.0 Å². The van der Waals surface area contributed by atoms with Crippen molar-refractivity contribution in [2.45, 2.75) is 38.6 Å². The average Bonchev–Trinajstić information content (AvgIpc) is 3.33. The smallest absolute Gasteiger partial charge is 0.257 e. The monoisotopic (exact) mass is 351 g/mol. The van der Waals surface area contributed by atoms with Gasteiger partial charge in [0.25, 0.3) is 5.91 Å². The minimum atomic E-state index is -0.154. The van der Waals surface area contributed by atoms with Gasteiger partial charge in [-0.3, -0.25) is 9.69 Å². The van der Waals surface area contributed by atoms with Crippen LogP contribution in [0.25, 0.3) is 0 Å². The third-order valence-corrected chi connectivity index (χ3v) is 5.23. The maximum absolute atomic E-state index is 13.0. The van der Waals surface area contributed by atoms with E-state index in [9.17, 15) is 4.79 Å². The van der Waals surface area contributed by atoms with E-state index in [1.807, 2.05) is 12.1 Å². The molecule has 1 aromatic heterocycles. The van der Waals surface area contributed by atoms with Crippen LogP contribution in [0.2, 0.25) is 0 Å². The van der Waals surface area contributed by atoms with Crippen molar-refractivity contribution in [3.8, 4) is 0 Å². The number of aryl methyl sites for hydroxylation is 1. The van der Waals surface area contributed by atoms with E-state index in [1.54, 1.807) is 11.3 Å². The number of hydrogen-bond acceptors (Lipinski definition) is 4.